The van der Waals surface area contributed by atoms with Crippen molar-refractivity contribution in [2.45, 2.75) is 38.6 Å². The van der Waals surface area contributed by atoms with Crippen LogP contribution in [0.25, 0.3) is 0 Å². The van der Waals surface area contributed by atoms with Crippen molar-refractivity contribution in [3.8, 4) is 0 Å². The van der Waals surface area contributed by atoms with Gasteiger partial charge in [0, 0.05) is 19.0 Å². The zero-order valence-electron chi connectivity index (χ0n) is 12.7. The highest BCUT2D eigenvalue weighted by Crippen LogP contribution is 2.17. The fraction of sp³-hybridized carbons (Fsp3) is 0.438. The molecule has 21 heavy (non-hydrogen) atoms. The number of halogens is 2. The number of hydrogen-bond acceptors (Lipinski definition) is 2. The highest BCUT2D eigenvalue weighted by molar-refractivity contribution is 5.85. The molecule has 0 aliphatic heterocycles. The average Bonchev–Trinajstić information content (AvgIpc) is 2.42. The SMILES string of the molecule is C=CCCC(=O)NCC(N)c1ccc(C(C)C)cc1.Cl.Cl. The number of hydrogen-bond donors (Lipinski definition) is 2. The summed E-state index contributed by atoms with van der Waals surface area (Å²) in [6, 6.07) is 8.11. The summed E-state index contributed by atoms with van der Waals surface area (Å²) in [5.74, 6) is 0.540. The molecule has 0 aliphatic rings. The van der Waals surface area contributed by atoms with Gasteiger partial charge in [0.15, 0.2) is 0 Å². The lowest BCUT2D eigenvalue weighted by Gasteiger charge is -2.14. The van der Waals surface area contributed by atoms with E-state index in [9.17, 15) is 4.79 Å². The monoisotopic (exact) mass is 332 g/mol. The zero-order valence-corrected chi connectivity index (χ0v) is 14.3. The number of nitrogens with one attached hydrogen (secondary N) is 1. The summed E-state index contributed by atoms with van der Waals surface area (Å²) in [6.07, 6.45) is 2.91. The number of amides is 1. The van der Waals surface area contributed by atoms with Gasteiger partial charge < -0.3 is 11.1 Å². The number of benzene rings is 1. The molecule has 0 fully saturated rings. The van der Waals surface area contributed by atoms with Crippen molar-refractivity contribution in [1.82, 2.24) is 5.32 Å². The van der Waals surface area contributed by atoms with E-state index in [1.54, 1.807) is 6.08 Å². The maximum absolute atomic E-state index is 11.5. The highest BCUT2D eigenvalue weighted by atomic mass is 35.5. The molecule has 1 rings (SSSR count). The van der Waals surface area contributed by atoms with E-state index in [2.05, 4.69) is 37.9 Å². The number of allylic oxidation sites excluding steroid dienone is 1. The molecule has 1 atom stereocenters. The molecule has 0 heterocycles. The molecule has 1 aromatic carbocycles. The fourth-order valence-electron chi connectivity index (χ4n) is 1.79. The first-order valence-corrected chi connectivity index (χ1v) is 6.77. The van der Waals surface area contributed by atoms with Gasteiger partial charge in [-0.1, -0.05) is 44.2 Å². The van der Waals surface area contributed by atoms with Crippen LogP contribution in [0.4, 0.5) is 0 Å². The van der Waals surface area contributed by atoms with Crippen LogP contribution in [0.15, 0.2) is 36.9 Å². The van der Waals surface area contributed by atoms with Crippen molar-refractivity contribution in [3.63, 3.8) is 0 Å². The lowest BCUT2D eigenvalue weighted by Crippen LogP contribution is -2.31. The summed E-state index contributed by atoms with van der Waals surface area (Å²) in [6.45, 7) is 8.39. The Labute approximate surface area is 140 Å². The van der Waals surface area contributed by atoms with Crippen LogP contribution >= 0.6 is 24.8 Å². The van der Waals surface area contributed by atoms with Gasteiger partial charge in [0.25, 0.3) is 0 Å². The van der Waals surface area contributed by atoms with Crippen LogP contribution in [0.2, 0.25) is 0 Å². The van der Waals surface area contributed by atoms with Crippen LogP contribution < -0.4 is 11.1 Å². The Kier molecular flexibility index (Phi) is 12.3. The van der Waals surface area contributed by atoms with E-state index >= 15 is 0 Å². The van der Waals surface area contributed by atoms with E-state index in [0.29, 0.717) is 25.3 Å². The number of carbonyl (C=O) groups is 1. The van der Waals surface area contributed by atoms with Crippen molar-refractivity contribution in [2.24, 2.45) is 5.73 Å². The Morgan fingerprint density at radius 2 is 1.76 bits per heavy atom. The molecule has 0 aliphatic carbocycles. The minimum absolute atomic E-state index is 0. The first-order valence-electron chi connectivity index (χ1n) is 6.77. The summed E-state index contributed by atoms with van der Waals surface area (Å²) >= 11 is 0. The van der Waals surface area contributed by atoms with Gasteiger partial charge in [-0.25, -0.2) is 0 Å². The molecule has 5 heteroatoms. The van der Waals surface area contributed by atoms with E-state index in [-0.39, 0.29) is 36.8 Å². The number of carbonyl (C=O) groups excluding carboxylic acids is 1. The standard InChI is InChI=1S/C16H24N2O.2ClH/c1-4-5-6-16(19)18-11-15(17)14-9-7-13(8-10-14)12(2)3;;/h4,7-10,12,15H,1,5-6,11,17H2,2-3H3,(H,18,19);2*1H. The first-order chi connectivity index (χ1) is 9.04. The number of rotatable bonds is 7. The van der Waals surface area contributed by atoms with Crippen LogP contribution in [-0.4, -0.2) is 12.5 Å². The quantitative estimate of drug-likeness (QED) is 0.747. The predicted molar refractivity (Wildman–Crippen MR) is 94.4 cm³/mol. The molecular formula is C16H26Cl2N2O. The molecule has 0 spiro atoms. The predicted octanol–water partition coefficient (Wildman–Crippen LogP) is 3.74. The van der Waals surface area contributed by atoms with Gasteiger partial charge in [-0.3, -0.25) is 4.79 Å². The molecule has 1 aromatic rings. The molecule has 0 saturated heterocycles. The summed E-state index contributed by atoms with van der Waals surface area (Å²) in [4.78, 5) is 11.5. The van der Waals surface area contributed by atoms with Crippen LogP contribution in [-0.2, 0) is 4.79 Å². The van der Waals surface area contributed by atoms with Gasteiger partial charge in [0.2, 0.25) is 5.91 Å². The second kappa shape index (κ2) is 11.6. The Hall–Kier alpha value is -1.03. The lowest BCUT2D eigenvalue weighted by molar-refractivity contribution is -0.121. The maximum atomic E-state index is 11.5. The van der Waals surface area contributed by atoms with Gasteiger partial charge in [-0.2, -0.15) is 0 Å². The van der Waals surface area contributed by atoms with Crippen molar-refractivity contribution in [3.05, 3.63) is 48.0 Å². The Morgan fingerprint density at radius 3 is 2.24 bits per heavy atom. The van der Waals surface area contributed by atoms with Gasteiger partial charge in [-0.05, 0) is 23.5 Å². The third kappa shape index (κ3) is 8.10. The van der Waals surface area contributed by atoms with Crippen LogP contribution in [0.5, 0.6) is 0 Å². The molecule has 0 saturated carbocycles. The normalized spacial score (nSPS) is 11.0. The van der Waals surface area contributed by atoms with Gasteiger partial charge in [0.1, 0.15) is 0 Å². The first kappa shape index (κ1) is 22.3. The molecular weight excluding hydrogens is 307 g/mol. The molecule has 1 amide bonds. The Morgan fingerprint density at radius 1 is 1.24 bits per heavy atom. The van der Waals surface area contributed by atoms with Gasteiger partial charge >= 0.3 is 0 Å². The molecule has 0 bridgehead atoms. The largest absolute Gasteiger partial charge is 0.354 e. The van der Waals surface area contributed by atoms with Crippen molar-refractivity contribution in [2.75, 3.05) is 6.54 Å². The van der Waals surface area contributed by atoms with Crippen LogP contribution in [0, 0.1) is 0 Å². The molecule has 3 nitrogen and oxygen atoms in total. The molecule has 3 N–H and O–H groups in total. The van der Waals surface area contributed by atoms with Crippen molar-refractivity contribution >= 4 is 30.7 Å². The molecule has 120 valence electrons. The third-order valence-corrected chi connectivity index (χ3v) is 3.13. The lowest BCUT2D eigenvalue weighted by atomic mass is 9.99. The summed E-state index contributed by atoms with van der Waals surface area (Å²) in [5.41, 5.74) is 8.41. The van der Waals surface area contributed by atoms with E-state index in [1.807, 2.05) is 12.1 Å². The van der Waals surface area contributed by atoms with Gasteiger partial charge in [0.05, 0.1) is 0 Å². The third-order valence-electron chi connectivity index (χ3n) is 3.13. The van der Waals surface area contributed by atoms with Crippen LogP contribution in [0.3, 0.4) is 0 Å². The smallest absolute Gasteiger partial charge is 0.220 e. The number of nitrogens with two attached hydrogens (primary N) is 1. The van der Waals surface area contributed by atoms with Gasteiger partial charge in [-0.15, -0.1) is 31.4 Å². The topological polar surface area (TPSA) is 55.1 Å². The Bertz CT molecular complexity index is 419. The zero-order chi connectivity index (χ0) is 14.3. The minimum atomic E-state index is -0.158. The second-order valence-electron chi connectivity index (χ2n) is 5.06. The summed E-state index contributed by atoms with van der Waals surface area (Å²) in [5, 5.41) is 2.84. The molecule has 1 unspecified atom stereocenters. The average molecular weight is 333 g/mol. The maximum Gasteiger partial charge on any atom is 0.220 e. The van der Waals surface area contributed by atoms with Crippen molar-refractivity contribution in [1.29, 1.82) is 0 Å². The second-order valence-corrected chi connectivity index (χ2v) is 5.06. The fourth-order valence-corrected chi connectivity index (χ4v) is 1.79. The summed E-state index contributed by atoms with van der Waals surface area (Å²) < 4.78 is 0. The van der Waals surface area contributed by atoms with Crippen LogP contribution in [0.1, 0.15) is 49.8 Å². The van der Waals surface area contributed by atoms with E-state index in [0.717, 1.165) is 5.56 Å². The van der Waals surface area contributed by atoms with Crippen molar-refractivity contribution < 1.29 is 4.79 Å². The Balaban J connectivity index is 0. The highest BCUT2D eigenvalue weighted by Gasteiger charge is 2.08. The van der Waals surface area contributed by atoms with E-state index in [4.69, 9.17) is 5.73 Å². The molecule has 0 radical (unpaired) electrons. The molecule has 0 aromatic heterocycles. The minimum Gasteiger partial charge on any atom is -0.354 e. The summed E-state index contributed by atoms with van der Waals surface area (Å²) in [7, 11) is 0. The van der Waals surface area contributed by atoms with E-state index in [1.165, 1.54) is 5.56 Å². The van der Waals surface area contributed by atoms with E-state index < -0.39 is 0 Å².